The van der Waals surface area contributed by atoms with E-state index in [-0.39, 0.29) is 0 Å². The topological polar surface area (TPSA) is 9.23 Å². The summed E-state index contributed by atoms with van der Waals surface area (Å²) in [4.78, 5) is 1.88. The van der Waals surface area contributed by atoms with Gasteiger partial charge in [-0.1, -0.05) is 0 Å². The first-order valence-corrected chi connectivity index (χ1v) is 6.23. The molecule has 2 rings (SSSR count). The van der Waals surface area contributed by atoms with E-state index in [0.717, 1.165) is 32.4 Å². The Hall–Kier alpha value is -1.06. The summed E-state index contributed by atoms with van der Waals surface area (Å²) >= 11 is 8.59. The van der Waals surface area contributed by atoms with Gasteiger partial charge in [0, 0.05) is 9.79 Å². The van der Waals surface area contributed by atoms with Crippen molar-refractivity contribution in [3.05, 3.63) is 47.5 Å². The summed E-state index contributed by atoms with van der Waals surface area (Å²) in [5.74, 6) is 1.72. The van der Waals surface area contributed by atoms with Gasteiger partial charge in [-0.25, -0.2) is 0 Å². The van der Waals surface area contributed by atoms with E-state index >= 15 is 0 Å². The molecule has 0 spiro atoms. The van der Waals surface area contributed by atoms with E-state index in [4.69, 9.17) is 4.74 Å². The van der Waals surface area contributed by atoms with Crippen molar-refractivity contribution < 1.29 is 4.74 Å². The molecular formula is C14H14OS2. The summed E-state index contributed by atoms with van der Waals surface area (Å²) in [5, 5.41) is 0. The summed E-state index contributed by atoms with van der Waals surface area (Å²) in [5.41, 5.74) is 2.15. The standard InChI is InChI=1S/C14H14OS2/c1-9-7-11(16)3-5-13(9)15-14-6-4-12(17)8-10(14)2/h3-8,16-17H,1-2H3. The van der Waals surface area contributed by atoms with E-state index in [1.165, 1.54) is 0 Å². The average Bonchev–Trinajstić information content (AvgIpc) is 2.25. The molecule has 0 saturated carbocycles. The lowest BCUT2D eigenvalue weighted by atomic mass is 10.2. The van der Waals surface area contributed by atoms with Gasteiger partial charge >= 0.3 is 0 Å². The quantitative estimate of drug-likeness (QED) is 0.748. The van der Waals surface area contributed by atoms with Gasteiger partial charge in [0.2, 0.25) is 0 Å². The molecule has 0 saturated heterocycles. The fourth-order valence-corrected chi connectivity index (χ4v) is 2.15. The van der Waals surface area contributed by atoms with Crippen LogP contribution in [0.3, 0.4) is 0 Å². The van der Waals surface area contributed by atoms with Crippen LogP contribution in [-0.4, -0.2) is 0 Å². The molecule has 1 nitrogen and oxygen atoms in total. The maximum absolute atomic E-state index is 5.88. The van der Waals surface area contributed by atoms with Gasteiger partial charge < -0.3 is 4.74 Å². The largest absolute Gasteiger partial charge is 0.457 e. The third-order valence-electron chi connectivity index (χ3n) is 2.54. The molecule has 0 aliphatic heterocycles. The summed E-state index contributed by atoms with van der Waals surface area (Å²) in [6, 6.07) is 11.7. The molecule has 2 aromatic rings. The highest BCUT2D eigenvalue weighted by molar-refractivity contribution is 7.80. The van der Waals surface area contributed by atoms with Crippen molar-refractivity contribution in [2.45, 2.75) is 23.6 Å². The molecule has 0 fully saturated rings. The van der Waals surface area contributed by atoms with Gasteiger partial charge in [-0.15, -0.1) is 25.3 Å². The van der Waals surface area contributed by atoms with Crippen LogP contribution in [0.1, 0.15) is 11.1 Å². The van der Waals surface area contributed by atoms with Crippen molar-refractivity contribution >= 4 is 25.3 Å². The van der Waals surface area contributed by atoms with Crippen LogP contribution in [0.25, 0.3) is 0 Å². The van der Waals surface area contributed by atoms with Gasteiger partial charge in [-0.2, -0.15) is 0 Å². The second-order valence-electron chi connectivity index (χ2n) is 4.00. The number of hydrogen-bond donors (Lipinski definition) is 2. The average molecular weight is 262 g/mol. The maximum Gasteiger partial charge on any atom is 0.130 e. The first-order chi connectivity index (χ1) is 8.06. The maximum atomic E-state index is 5.88. The van der Waals surface area contributed by atoms with Crippen molar-refractivity contribution in [1.82, 2.24) is 0 Å². The third-order valence-corrected chi connectivity index (χ3v) is 3.09. The van der Waals surface area contributed by atoms with Gasteiger partial charge in [0.1, 0.15) is 11.5 Å². The van der Waals surface area contributed by atoms with E-state index in [9.17, 15) is 0 Å². The van der Waals surface area contributed by atoms with Crippen molar-refractivity contribution in [1.29, 1.82) is 0 Å². The predicted octanol–water partition coefficient (Wildman–Crippen LogP) is 4.67. The fraction of sp³-hybridized carbons (Fsp3) is 0.143. The molecule has 0 amide bonds. The number of ether oxygens (including phenoxy) is 1. The van der Waals surface area contributed by atoms with Gasteiger partial charge in [-0.3, -0.25) is 0 Å². The summed E-state index contributed by atoms with van der Waals surface area (Å²) in [7, 11) is 0. The SMILES string of the molecule is Cc1cc(S)ccc1Oc1ccc(S)cc1C. The first kappa shape index (κ1) is 12.4. The lowest BCUT2D eigenvalue weighted by molar-refractivity contribution is 0.474. The van der Waals surface area contributed by atoms with Crippen LogP contribution in [0.4, 0.5) is 0 Å². The highest BCUT2D eigenvalue weighted by atomic mass is 32.1. The molecule has 17 heavy (non-hydrogen) atoms. The Kier molecular flexibility index (Phi) is 3.69. The molecule has 0 radical (unpaired) electrons. The zero-order valence-corrected chi connectivity index (χ0v) is 11.6. The second-order valence-corrected chi connectivity index (χ2v) is 5.03. The normalized spacial score (nSPS) is 10.4. The second kappa shape index (κ2) is 5.07. The molecule has 2 aromatic carbocycles. The molecule has 0 unspecified atom stereocenters. The van der Waals surface area contributed by atoms with E-state index in [1.807, 2.05) is 50.2 Å². The zero-order chi connectivity index (χ0) is 12.4. The third kappa shape index (κ3) is 2.99. The van der Waals surface area contributed by atoms with Crippen molar-refractivity contribution in [3.8, 4) is 11.5 Å². The summed E-state index contributed by atoms with van der Waals surface area (Å²) < 4.78 is 5.88. The monoisotopic (exact) mass is 262 g/mol. The minimum atomic E-state index is 0.859. The van der Waals surface area contributed by atoms with Crippen LogP contribution in [-0.2, 0) is 0 Å². The fourth-order valence-electron chi connectivity index (χ4n) is 1.61. The number of rotatable bonds is 2. The van der Waals surface area contributed by atoms with Crippen LogP contribution < -0.4 is 4.74 Å². The Morgan fingerprint density at radius 2 is 1.18 bits per heavy atom. The van der Waals surface area contributed by atoms with E-state index in [2.05, 4.69) is 25.3 Å². The molecule has 3 heteroatoms. The number of benzene rings is 2. The Labute approximate surface area is 113 Å². The Bertz CT molecular complexity index is 500. The van der Waals surface area contributed by atoms with E-state index in [1.54, 1.807) is 0 Å². The van der Waals surface area contributed by atoms with Crippen molar-refractivity contribution in [2.75, 3.05) is 0 Å². The van der Waals surface area contributed by atoms with Gasteiger partial charge in [0.05, 0.1) is 0 Å². The molecule has 0 bridgehead atoms. The van der Waals surface area contributed by atoms with E-state index < -0.39 is 0 Å². The Balaban J connectivity index is 2.31. The molecule has 0 heterocycles. The van der Waals surface area contributed by atoms with Crippen LogP contribution in [0.2, 0.25) is 0 Å². The highest BCUT2D eigenvalue weighted by Gasteiger charge is 2.04. The summed E-state index contributed by atoms with van der Waals surface area (Å²) in [6.07, 6.45) is 0. The first-order valence-electron chi connectivity index (χ1n) is 5.33. The van der Waals surface area contributed by atoms with Crippen molar-refractivity contribution in [3.63, 3.8) is 0 Å². The minimum absolute atomic E-state index is 0.859. The van der Waals surface area contributed by atoms with Crippen LogP contribution in [0.15, 0.2) is 46.2 Å². The number of hydrogen-bond acceptors (Lipinski definition) is 3. The minimum Gasteiger partial charge on any atom is -0.457 e. The number of thiol groups is 2. The van der Waals surface area contributed by atoms with Crippen LogP contribution in [0, 0.1) is 13.8 Å². The van der Waals surface area contributed by atoms with Crippen LogP contribution >= 0.6 is 25.3 Å². The predicted molar refractivity (Wildman–Crippen MR) is 76.9 cm³/mol. The zero-order valence-electron chi connectivity index (χ0n) is 9.77. The lowest BCUT2D eigenvalue weighted by Gasteiger charge is -2.11. The van der Waals surface area contributed by atoms with Gasteiger partial charge in [-0.05, 0) is 61.4 Å². The molecular weight excluding hydrogens is 248 g/mol. The van der Waals surface area contributed by atoms with Gasteiger partial charge in [0.15, 0.2) is 0 Å². The smallest absolute Gasteiger partial charge is 0.130 e. The molecule has 88 valence electrons. The molecule has 0 aliphatic carbocycles. The molecule has 0 aliphatic rings. The molecule has 0 aromatic heterocycles. The van der Waals surface area contributed by atoms with Gasteiger partial charge in [0.25, 0.3) is 0 Å². The van der Waals surface area contributed by atoms with Crippen LogP contribution in [0.5, 0.6) is 11.5 Å². The molecule has 0 atom stereocenters. The van der Waals surface area contributed by atoms with E-state index in [0.29, 0.717) is 0 Å². The Morgan fingerprint density at radius 1 is 0.765 bits per heavy atom. The molecule has 0 N–H and O–H groups in total. The Morgan fingerprint density at radius 3 is 1.53 bits per heavy atom. The summed E-state index contributed by atoms with van der Waals surface area (Å²) in [6.45, 7) is 4.02. The highest BCUT2D eigenvalue weighted by Crippen LogP contribution is 2.29. The number of aryl methyl sites for hydroxylation is 2. The lowest BCUT2D eigenvalue weighted by Crippen LogP contribution is -1.90. The van der Waals surface area contributed by atoms with Crippen molar-refractivity contribution in [2.24, 2.45) is 0 Å².